The van der Waals surface area contributed by atoms with E-state index >= 15 is 0 Å². The normalized spacial score (nSPS) is 16.0. The maximum absolute atomic E-state index is 12.1. The molecular weight excluding hydrogens is 286 g/mol. The van der Waals surface area contributed by atoms with Crippen molar-refractivity contribution >= 4 is 5.78 Å². The summed E-state index contributed by atoms with van der Waals surface area (Å²) in [4.78, 5) is 20.8. The van der Waals surface area contributed by atoms with Crippen LogP contribution in [0.5, 0.6) is 0 Å². The van der Waals surface area contributed by atoms with Crippen LogP contribution in [0, 0.1) is 36.0 Å². The Morgan fingerprint density at radius 2 is 2.09 bits per heavy atom. The fourth-order valence-electron chi connectivity index (χ4n) is 2.67. The molecule has 0 amide bonds. The summed E-state index contributed by atoms with van der Waals surface area (Å²) in [5.41, 5.74) is 3.89. The van der Waals surface area contributed by atoms with Crippen LogP contribution in [0.15, 0.2) is 24.4 Å². The van der Waals surface area contributed by atoms with Crippen molar-refractivity contribution in [2.45, 2.75) is 26.7 Å². The van der Waals surface area contributed by atoms with Crippen molar-refractivity contribution in [3.63, 3.8) is 0 Å². The van der Waals surface area contributed by atoms with Crippen LogP contribution in [0.4, 0.5) is 0 Å². The molecule has 23 heavy (non-hydrogen) atoms. The summed E-state index contributed by atoms with van der Waals surface area (Å²) < 4.78 is 0. The number of aromatic nitrogens is 2. The van der Waals surface area contributed by atoms with Gasteiger partial charge in [-0.05, 0) is 43.4 Å². The Hall–Kier alpha value is -2.98. The summed E-state index contributed by atoms with van der Waals surface area (Å²) in [5, 5.41) is 9.11. The number of hydrogen-bond acceptors (Lipinski definition) is 4. The van der Waals surface area contributed by atoms with Gasteiger partial charge in [0.2, 0.25) is 0 Å². The van der Waals surface area contributed by atoms with Gasteiger partial charge in [-0.3, -0.25) is 9.78 Å². The Labute approximate surface area is 135 Å². The van der Waals surface area contributed by atoms with Gasteiger partial charge in [0.1, 0.15) is 11.8 Å². The Morgan fingerprint density at radius 1 is 1.26 bits per heavy atom. The molecule has 2 aromatic heterocycles. The molecule has 4 heteroatoms. The zero-order valence-corrected chi connectivity index (χ0v) is 13.1. The smallest absolute Gasteiger partial charge is 0.165 e. The molecule has 1 unspecified atom stereocenters. The van der Waals surface area contributed by atoms with E-state index in [1.807, 2.05) is 6.92 Å². The molecule has 0 fully saturated rings. The van der Waals surface area contributed by atoms with Gasteiger partial charge >= 0.3 is 0 Å². The second-order valence-electron chi connectivity index (χ2n) is 5.87. The predicted octanol–water partition coefficient (Wildman–Crippen LogP) is 2.82. The van der Waals surface area contributed by atoms with Gasteiger partial charge in [0, 0.05) is 29.4 Å². The number of carbonyl (C=O) groups excluding carboxylic acids is 1. The van der Waals surface area contributed by atoms with Crippen LogP contribution >= 0.6 is 0 Å². The molecule has 2 aromatic rings. The third-order valence-electron chi connectivity index (χ3n) is 3.83. The minimum atomic E-state index is 0.126. The van der Waals surface area contributed by atoms with Crippen molar-refractivity contribution in [2.24, 2.45) is 5.92 Å². The van der Waals surface area contributed by atoms with Crippen molar-refractivity contribution in [3.05, 3.63) is 58.2 Å². The topological polar surface area (TPSA) is 66.6 Å². The average molecular weight is 301 g/mol. The fraction of sp³-hybridized carbons (Fsp3) is 0.263. The lowest BCUT2D eigenvalue weighted by atomic mass is 9.87. The summed E-state index contributed by atoms with van der Waals surface area (Å²) in [7, 11) is 0. The number of Topliss-reactive ketones (excluding diaryl/α,β-unsaturated/α-hetero) is 1. The van der Waals surface area contributed by atoms with Gasteiger partial charge in [-0.15, -0.1) is 0 Å². The number of ketones is 1. The van der Waals surface area contributed by atoms with E-state index in [1.54, 1.807) is 24.4 Å². The van der Waals surface area contributed by atoms with Crippen molar-refractivity contribution < 1.29 is 4.79 Å². The molecule has 0 saturated heterocycles. The van der Waals surface area contributed by atoms with Crippen LogP contribution in [-0.2, 0) is 6.42 Å². The molecule has 112 valence electrons. The van der Waals surface area contributed by atoms with Crippen LogP contribution in [0.1, 0.15) is 51.9 Å². The highest BCUT2D eigenvalue weighted by molar-refractivity contribution is 5.98. The highest BCUT2D eigenvalue weighted by Crippen LogP contribution is 2.24. The van der Waals surface area contributed by atoms with Crippen molar-refractivity contribution in [3.8, 4) is 17.9 Å². The highest BCUT2D eigenvalue weighted by atomic mass is 16.1. The molecule has 0 N–H and O–H groups in total. The maximum Gasteiger partial charge on any atom is 0.165 e. The SMILES string of the molecule is Cc1ccc(C#N)c(C#Cc2cnc3c(c2)C(=O)CC(C)C3)n1. The number of rotatable bonds is 0. The number of aryl methyl sites for hydroxylation is 1. The van der Waals surface area contributed by atoms with E-state index in [2.05, 4.69) is 34.8 Å². The van der Waals surface area contributed by atoms with Gasteiger partial charge in [0.15, 0.2) is 5.78 Å². The van der Waals surface area contributed by atoms with E-state index in [9.17, 15) is 4.79 Å². The molecule has 1 atom stereocenters. The summed E-state index contributed by atoms with van der Waals surface area (Å²) in [6.07, 6.45) is 3.06. The lowest BCUT2D eigenvalue weighted by Gasteiger charge is -2.19. The first-order valence-electron chi connectivity index (χ1n) is 7.48. The summed E-state index contributed by atoms with van der Waals surface area (Å²) in [6, 6.07) is 7.38. The molecular formula is C19H15N3O. The molecule has 0 spiro atoms. The van der Waals surface area contributed by atoms with E-state index < -0.39 is 0 Å². The van der Waals surface area contributed by atoms with E-state index in [-0.39, 0.29) is 5.78 Å². The minimum Gasteiger partial charge on any atom is -0.294 e. The van der Waals surface area contributed by atoms with E-state index in [0.29, 0.717) is 34.7 Å². The van der Waals surface area contributed by atoms with Crippen LogP contribution in [0.2, 0.25) is 0 Å². The lowest BCUT2D eigenvalue weighted by Crippen LogP contribution is -2.19. The number of nitrogens with zero attached hydrogens (tertiary/aromatic N) is 3. The quantitative estimate of drug-likeness (QED) is 0.702. The molecule has 1 aliphatic rings. The highest BCUT2D eigenvalue weighted by Gasteiger charge is 2.23. The molecule has 0 bridgehead atoms. The lowest BCUT2D eigenvalue weighted by molar-refractivity contribution is 0.0952. The Morgan fingerprint density at radius 3 is 2.87 bits per heavy atom. The second kappa shape index (κ2) is 6.02. The zero-order chi connectivity index (χ0) is 16.4. The molecule has 0 saturated carbocycles. The summed E-state index contributed by atoms with van der Waals surface area (Å²) in [6.45, 7) is 3.91. The van der Waals surface area contributed by atoms with Crippen LogP contribution in [0.25, 0.3) is 0 Å². The largest absolute Gasteiger partial charge is 0.294 e. The third kappa shape index (κ3) is 3.12. The van der Waals surface area contributed by atoms with Crippen LogP contribution < -0.4 is 0 Å². The fourth-order valence-corrected chi connectivity index (χ4v) is 2.67. The molecule has 0 aromatic carbocycles. The molecule has 1 aliphatic carbocycles. The van der Waals surface area contributed by atoms with Gasteiger partial charge in [-0.2, -0.15) is 5.26 Å². The van der Waals surface area contributed by atoms with Crippen molar-refractivity contribution in [1.29, 1.82) is 5.26 Å². The number of hydrogen-bond donors (Lipinski definition) is 0. The first kappa shape index (κ1) is 14.9. The molecule has 4 nitrogen and oxygen atoms in total. The molecule has 0 radical (unpaired) electrons. The standard InChI is InChI=1S/C19H15N3O/c1-12-7-18-16(19(23)8-12)9-14(11-21-18)4-6-17-15(10-20)5-3-13(2)22-17/h3,5,9,11-12H,7-8H2,1-2H3. The van der Waals surface area contributed by atoms with Crippen molar-refractivity contribution in [2.75, 3.05) is 0 Å². The van der Waals surface area contributed by atoms with Gasteiger partial charge in [-0.1, -0.05) is 12.8 Å². The maximum atomic E-state index is 12.1. The van der Waals surface area contributed by atoms with Crippen molar-refractivity contribution in [1.82, 2.24) is 9.97 Å². The van der Waals surface area contributed by atoms with Crippen LogP contribution in [-0.4, -0.2) is 15.8 Å². The predicted molar refractivity (Wildman–Crippen MR) is 85.7 cm³/mol. The number of pyridine rings is 2. The van der Waals surface area contributed by atoms with E-state index in [0.717, 1.165) is 17.8 Å². The number of carbonyl (C=O) groups is 1. The summed E-state index contributed by atoms with van der Waals surface area (Å²) in [5.74, 6) is 6.35. The second-order valence-corrected chi connectivity index (χ2v) is 5.87. The van der Waals surface area contributed by atoms with Crippen LogP contribution in [0.3, 0.4) is 0 Å². The van der Waals surface area contributed by atoms with Gasteiger partial charge < -0.3 is 0 Å². The van der Waals surface area contributed by atoms with Gasteiger partial charge in [0.05, 0.1) is 11.3 Å². The van der Waals surface area contributed by atoms with Gasteiger partial charge in [-0.25, -0.2) is 4.98 Å². The minimum absolute atomic E-state index is 0.126. The summed E-state index contributed by atoms with van der Waals surface area (Å²) >= 11 is 0. The zero-order valence-electron chi connectivity index (χ0n) is 13.1. The number of fused-ring (bicyclic) bond motifs is 1. The molecule has 3 rings (SSSR count). The third-order valence-corrected chi connectivity index (χ3v) is 3.83. The Kier molecular flexibility index (Phi) is 3.91. The first-order valence-corrected chi connectivity index (χ1v) is 7.48. The monoisotopic (exact) mass is 301 g/mol. The molecule has 2 heterocycles. The average Bonchev–Trinajstić information content (AvgIpc) is 2.53. The Balaban J connectivity index is 1.97. The Bertz CT molecular complexity index is 897. The molecule has 0 aliphatic heterocycles. The van der Waals surface area contributed by atoms with E-state index in [4.69, 9.17) is 5.26 Å². The first-order chi connectivity index (χ1) is 11.1. The number of nitriles is 1. The van der Waals surface area contributed by atoms with Gasteiger partial charge in [0.25, 0.3) is 0 Å². The van der Waals surface area contributed by atoms with E-state index in [1.165, 1.54) is 0 Å².